The maximum atomic E-state index is 12.1. The predicted molar refractivity (Wildman–Crippen MR) is 97.6 cm³/mol. The number of nitrogens with one attached hydrogen (secondary N) is 1. The van der Waals surface area contributed by atoms with Gasteiger partial charge in [0.1, 0.15) is 5.75 Å². The van der Waals surface area contributed by atoms with Gasteiger partial charge in [-0.15, -0.1) is 0 Å². The highest BCUT2D eigenvalue weighted by Crippen LogP contribution is 2.15. The molecule has 0 saturated carbocycles. The summed E-state index contributed by atoms with van der Waals surface area (Å²) in [6, 6.07) is 13.4. The van der Waals surface area contributed by atoms with Gasteiger partial charge in [0.15, 0.2) is 5.78 Å². The molecule has 6 nitrogen and oxygen atoms in total. The van der Waals surface area contributed by atoms with Crippen molar-refractivity contribution in [2.45, 2.75) is 19.3 Å². The fourth-order valence-corrected chi connectivity index (χ4v) is 2.40. The summed E-state index contributed by atoms with van der Waals surface area (Å²) in [6.07, 6.45) is 0.930. The van der Waals surface area contributed by atoms with Gasteiger partial charge in [0.2, 0.25) is 5.91 Å². The molecule has 1 N–H and O–H groups in total. The lowest BCUT2D eigenvalue weighted by Gasteiger charge is -2.07. The van der Waals surface area contributed by atoms with E-state index in [9.17, 15) is 14.4 Å². The third kappa shape index (κ3) is 5.44. The van der Waals surface area contributed by atoms with Gasteiger partial charge < -0.3 is 14.8 Å². The van der Waals surface area contributed by atoms with Crippen molar-refractivity contribution in [3.8, 4) is 5.75 Å². The molecular weight excluding hydrogens is 334 g/mol. The zero-order chi connectivity index (χ0) is 18.9. The van der Waals surface area contributed by atoms with Gasteiger partial charge >= 0.3 is 5.97 Å². The van der Waals surface area contributed by atoms with Crippen LogP contribution in [-0.2, 0) is 9.53 Å². The van der Waals surface area contributed by atoms with Crippen molar-refractivity contribution in [1.29, 1.82) is 0 Å². The van der Waals surface area contributed by atoms with Crippen LogP contribution in [0.5, 0.6) is 5.75 Å². The van der Waals surface area contributed by atoms with Crippen LogP contribution in [0, 0.1) is 0 Å². The summed E-state index contributed by atoms with van der Waals surface area (Å²) in [5, 5.41) is 2.72. The first kappa shape index (κ1) is 19.2. The second-order valence-electron chi connectivity index (χ2n) is 5.63. The molecule has 2 aromatic carbocycles. The highest BCUT2D eigenvalue weighted by atomic mass is 16.5. The maximum absolute atomic E-state index is 12.1. The Hall–Kier alpha value is -3.15. The number of anilines is 1. The lowest BCUT2D eigenvalue weighted by atomic mass is 10.1. The number of hydrogen-bond acceptors (Lipinski definition) is 5. The molecule has 26 heavy (non-hydrogen) atoms. The fourth-order valence-electron chi connectivity index (χ4n) is 2.40. The largest absolute Gasteiger partial charge is 0.497 e. The van der Waals surface area contributed by atoms with E-state index in [1.165, 1.54) is 7.11 Å². The highest BCUT2D eigenvalue weighted by Gasteiger charge is 2.10. The number of rotatable bonds is 8. The number of methoxy groups -OCH3 is 2. The molecule has 2 aromatic rings. The van der Waals surface area contributed by atoms with E-state index >= 15 is 0 Å². The Kier molecular flexibility index (Phi) is 6.91. The molecular formula is C20H21NO5. The Labute approximate surface area is 152 Å². The van der Waals surface area contributed by atoms with Crippen LogP contribution >= 0.6 is 0 Å². The van der Waals surface area contributed by atoms with Crippen molar-refractivity contribution in [2.75, 3.05) is 19.5 Å². The Balaban J connectivity index is 1.81. The van der Waals surface area contributed by atoms with Crippen LogP contribution in [-0.4, -0.2) is 31.9 Å². The first-order valence-electron chi connectivity index (χ1n) is 8.19. The van der Waals surface area contributed by atoms with Crippen LogP contribution in [0.1, 0.15) is 40.0 Å². The average molecular weight is 355 g/mol. The van der Waals surface area contributed by atoms with Gasteiger partial charge in [-0.25, -0.2) is 4.79 Å². The molecule has 0 radical (unpaired) electrons. The van der Waals surface area contributed by atoms with Crippen LogP contribution in [0.3, 0.4) is 0 Å². The highest BCUT2D eigenvalue weighted by molar-refractivity contribution is 5.97. The summed E-state index contributed by atoms with van der Waals surface area (Å²) >= 11 is 0. The van der Waals surface area contributed by atoms with Gasteiger partial charge in [-0.2, -0.15) is 0 Å². The van der Waals surface area contributed by atoms with E-state index < -0.39 is 5.97 Å². The second kappa shape index (κ2) is 9.36. The van der Waals surface area contributed by atoms with Gasteiger partial charge in [-0.3, -0.25) is 9.59 Å². The number of hydrogen-bond donors (Lipinski definition) is 1. The molecule has 0 aliphatic heterocycles. The lowest BCUT2D eigenvalue weighted by Crippen LogP contribution is -2.12. The van der Waals surface area contributed by atoms with E-state index in [0.29, 0.717) is 29.0 Å². The second-order valence-corrected chi connectivity index (χ2v) is 5.63. The molecule has 0 fully saturated rings. The minimum absolute atomic E-state index is 0.0202. The molecule has 6 heteroatoms. The summed E-state index contributed by atoms with van der Waals surface area (Å²) in [5.41, 5.74) is 1.47. The SMILES string of the molecule is COC(=O)c1cccc(NC(=O)CCCC(=O)c2ccc(OC)cc2)c1. The van der Waals surface area contributed by atoms with E-state index in [1.807, 2.05) is 0 Å². The quantitative estimate of drug-likeness (QED) is 0.579. The summed E-state index contributed by atoms with van der Waals surface area (Å²) in [6.45, 7) is 0. The molecule has 0 bridgehead atoms. The Bertz CT molecular complexity index is 783. The number of ether oxygens (including phenoxy) is 2. The zero-order valence-electron chi connectivity index (χ0n) is 14.8. The van der Waals surface area contributed by atoms with Gasteiger partial charge in [0, 0.05) is 24.1 Å². The van der Waals surface area contributed by atoms with Gasteiger partial charge in [-0.05, 0) is 48.9 Å². The molecule has 0 atom stereocenters. The van der Waals surface area contributed by atoms with Crippen molar-refractivity contribution >= 4 is 23.3 Å². The summed E-state index contributed by atoms with van der Waals surface area (Å²) in [7, 11) is 2.86. The van der Waals surface area contributed by atoms with Crippen LogP contribution < -0.4 is 10.1 Å². The molecule has 0 aliphatic rings. The van der Waals surface area contributed by atoms with E-state index in [1.54, 1.807) is 55.6 Å². The van der Waals surface area contributed by atoms with Crippen LogP contribution in [0.2, 0.25) is 0 Å². The van der Waals surface area contributed by atoms with E-state index in [2.05, 4.69) is 10.1 Å². The van der Waals surface area contributed by atoms with Crippen molar-refractivity contribution in [1.82, 2.24) is 0 Å². The number of benzene rings is 2. The molecule has 0 aromatic heterocycles. The number of carbonyl (C=O) groups excluding carboxylic acids is 3. The van der Waals surface area contributed by atoms with Gasteiger partial charge in [-0.1, -0.05) is 6.07 Å². The van der Waals surface area contributed by atoms with Gasteiger partial charge in [0.25, 0.3) is 0 Å². The average Bonchev–Trinajstić information content (AvgIpc) is 2.67. The normalized spacial score (nSPS) is 10.1. The first-order valence-corrected chi connectivity index (χ1v) is 8.19. The lowest BCUT2D eigenvalue weighted by molar-refractivity contribution is -0.116. The van der Waals surface area contributed by atoms with Crippen molar-refractivity contribution in [3.05, 3.63) is 59.7 Å². The predicted octanol–water partition coefficient (Wildman–Crippen LogP) is 3.47. The summed E-state index contributed by atoms with van der Waals surface area (Å²) in [4.78, 5) is 35.6. The van der Waals surface area contributed by atoms with Crippen LogP contribution in [0.4, 0.5) is 5.69 Å². The van der Waals surface area contributed by atoms with E-state index in [4.69, 9.17) is 4.74 Å². The van der Waals surface area contributed by atoms with E-state index in [0.717, 1.165) is 0 Å². The standard InChI is InChI=1S/C20H21NO5/c1-25-17-11-9-14(10-12-17)18(22)7-4-8-19(23)21-16-6-3-5-15(13-16)20(24)26-2/h3,5-6,9-13H,4,7-8H2,1-2H3,(H,21,23). The third-order valence-electron chi connectivity index (χ3n) is 3.79. The Morgan fingerprint density at radius 3 is 2.31 bits per heavy atom. The number of Topliss-reactive ketones (excluding diaryl/α,β-unsaturated/α-hetero) is 1. The summed E-state index contributed by atoms with van der Waals surface area (Å²) in [5.74, 6) is -0.0102. The van der Waals surface area contributed by atoms with Crippen molar-refractivity contribution in [2.24, 2.45) is 0 Å². The Morgan fingerprint density at radius 1 is 0.923 bits per heavy atom. The fraction of sp³-hybridized carbons (Fsp3) is 0.250. The minimum Gasteiger partial charge on any atom is -0.497 e. The monoisotopic (exact) mass is 355 g/mol. The maximum Gasteiger partial charge on any atom is 0.337 e. The van der Waals surface area contributed by atoms with Crippen LogP contribution in [0.25, 0.3) is 0 Å². The number of carbonyl (C=O) groups is 3. The van der Waals surface area contributed by atoms with Crippen molar-refractivity contribution in [3.63, 3.8) is 0 Å². The smallest absolute Gasteiger partial charge is 0.337 e. The Morgan fingerprint density at radius 2 is 1.65 bits per heavy atom. The topological polar surface area (TPSA) is 81.7 Å². The molecule has 0 unspecified atom stereocenters. The summed E-state index contributed by atoms with van der Waals surface area (Å²) < 4.78 is 9.70. The molecule has 136 valence electrons. The molecule has 2 rings (SSSR count). The minimum atomic E-state index is -0.466. The molecule has 0 aliphatic carbocycles. The molecule has 0 heterocycles. The van der Waals surface area contributed by atoms with E-state index in [-0.39, 0.29) is 24.5 Å². The molecule has 0 saturated heterocycles. The van der Waals surface area contributed by atoms with Crippen molar-refractivity contribution < 1.29 is 23.9 Å². The first-order chi connectivity index (χ1) is 12.5. The number of amides is 1. The number of ketones is 1. The number of esters is 1. The molecule has 1 amide bonds. The molecule has 0 spiro atoms. The van der Waals surface area contributed by atoms with Crippen LogP contribution in [0.15, 0.2) is 48.5 Å². The third-order valence-corrected chi connectivity index (χ3v) is 3.79. The van der Waals surface area contributed by atoms with Gasteiger partial charge in [0.05, 0.1) is 19.8 Å². The zero-order valence-corrected chi connectivity index (χ0v) is 14.8.